The Morgan fingerprint density at radius 3 is 2.90 bits per heavy atom. The number of aromatic nitrogens is 5. The maximum atomic E-state index is 5.96. The van der Waals surface area contributed by atoms with Crippen LogP contribution in [0.3, 0.4) is 0 Å². The van der Waals surface area contributed by atoms with E-state index in [1.54, 1.807) is 18.7 Å². The molecule has 3 rings (SSSR count). The lowest BCUT2D eigenvalue weighted by molar-refractivity contribution is 0.613. The van der Waals surface area contributed by atoms with E-state index in [0.717, 1.165) is 11.2 Å². The predicted octanol–water partition coefficient (Wildman–Crippen LogP) is 2.00. The van der Waals surface area contributed by atoms with Crippen molar-refractivity contribution in [1.29, 1.82) is 0 Å². The van der Waals surface area contributed by atoms with Crippen molar-refractivity contribution < 1.29 is 0 Å². The number of hydrogen-bond acceptors (Lipinski definition) is 6. The monoisotopic (exact) mass is 283 g/mol. The lowest BCUT2D eigenvalue weighted by Crippen LogP contribution is -2.08. The van der Waals surface area contributed by atoms with Gasteiger partial charge in [-0.05, 0) is 25.5 Å². The first-order chi connectivity index (χ1) is 10.1. The summed E-state index contributed by atoms with van der Waals surface area (Å²) >= 11 is 0. The molecule has 0 bridgehead atoms. The van der Waals surface area contributed by atoms with Crippen LogP contribution in [0.5, 0.6) is 0 Å². The number of fused-ring (bicyclic) bond motifs is 1. The minimum Gasteiger partial charge on any atom is -0.382 e. The van der Waals surface area contributed by atoms with E-state index in [4.69, 9.17) is 5.73 Å². The number of anilines is 2. The van der Waals surface area contributed by atoms with Gasteiger partial charge in [0.25, 0.3) is 0 Å². The Morgan fingerprint density at radius 1 is 1.33 bits per heavy atom. The fourth-order valence-electron chi connectivity index (χ4n) is 2.08. The Labute approximate surface area is 122 Å². The van der Waals surface area contributed by atoms with Gasteiger partial charge < -0.3 is 15.6 Å². The molecule has 0 spiro atoms. The van der Waals surface area contributed by atoms with E-state index in [-0.39, 0.29) is 6.04 Å². The van der Waals surface area contributed by atoms with E-state index in [2.05, 4.69) is 39.1 Å². The first-order valence-corrected chi connectivity index (χ1v) is 6.78. The van der Waals surface area contributed by atoms with Crippen LogP contribution >= 0.6 is 0 Å². The topological polar surface area (TPSA) is 94.5 Å². The Hall–Kier alpha value is -2.70. The van der Waals surface area contributed by atoms with Crippen molar-refractivity contribution in [2.45, 2.75) is 26.4 Å². The zero-order valence-electron chi connectivity index (χ0n) is 12.0. The summed E-state index contributed by atoms with van der Waals surface area (Å²) in [6.07, 6.45) is 5.28. The van der Waals surface area contributed by atoms with E-state index < -0.39 is 0 Å². The van der Waals surface area contributed by atoms with Crippen molar-refractivity contribution in [3.63, 3.8) is 0 Å². The molecule has 3 heterocycles. The summed E-state index contributed by atoms with van der Waals surface area (Å²) in [6, 6.07) is 4.14. The molecule has 3 aromatic heterocycles. The molecule has 7 nitrogen and oxygen atoms in total. The molecule has 21 heavy (non-hydrogen) atoms. The van der Waals surface area contributed by atoms with Gasteiger partial charge in [-0.3, -0.25) is 4.98 Å². The van der Waals surface area contributed by atoms with Crippen molar-refractivity contribution >= 4 is 22.9 Å². The molecule has 0 fully saturated rings. The van der Waals surface area contributed by atoms with E-state index in [0.29, 0.717) is 23.8 Å². The Morgan fingerprint density at radius 2 is 2.19 bits per heavy atom. The van der Waals surface area contributed by atoms with Gasteiger partial charge in [0.05, 0.1) is 6.33 Å². The molecule has 7 heteroatoms. The van der Waals surface area contributed by atoms with Gasteiger partial charge in [-0.2, -0.15) is 9.97 Å². The molecule has 0 radical (unpaired) electrons. The van der Waals surface area contributed by atoms with Crippen molar-refractivity contribution in [2.24, 2.45) is 0 Å². The standard InChI is InChI=1S/C14H17N7/c1-9(2)21-8-18-11-12(15)19-14(20-13(11)21)17-7-10-4-3-5-16-6-10/h3-6,8-9H,7H2,1-2H3,(H3,15,17,19,20). The molecule has 0 atom stereocenters. The average Bonchev–Trinajstić information content (AvgIpc) is 2.91. The number of nitrogen functional groups attached to an aromatic ring is 1. The normalized spacial score (nSPS) is 11.2. The molecule has 0 saturated heterocycles. The summed E-state index contributed by atoms with van der Waals surface area (Å²) in [7, 11) is 0. The molecule has 0 aromatic carbocycles. The first-order valence-electron chi connectivity index (χ1n) is 6.78. The lowest BCUT2D eigenvalue weighted by atomic mass is 10.3. The number of nitrogens with one attached hydrogen (secondary N) is 1. The second kappa shape index (κ2) is 5.35. The number of rotatable bonds is 4. The minimum absolute atomic E-state index is 0.260. The molecular formula is C14H17N7. The molecule has 0 aliphatic rings. The summed E-state index contributed by atoms with van der Waals surface area (Å²) in [5, 5.41) is 3.17. The van der Waals surface area contributed by atoms with Gasteiger partial charge in [-0.15, -0.1) is 0 Å². The third-order valence-corrected chi connectivity index (χ3v) is 3.18. The van der Waals surface area contributed by atoms with E-state index in [1.807, 2.05) is 16.7 Å². The zero-order chi connectivity index (χ0) is 14.8. The second-order valence-electron chi connectivity index (χ2n) is 5.07. The van der Waals surface area contributed by atoms with Crippen LogP contribution in [0.4, 0.5) is 11.8 Å². The van der Waals surface area contributed by atoms with Gasteiger partial charge >= 0.3 is 0 Å². The van der Waals surface area contributed by atoms with Crippen molar-refractivity contribution in [2.75, 3.05) is 11.1 Å². The third kappa shape index (κ3) is 2.62. The highest BCUT2D eigenvalue weighted by molar-refractivity contribution is 5.82. The van der Waals surface area contributed by atoms with E-state index >= 15 is 0 Å². The molecule has 3 N–H and O–H groups in total. The van der Waals surface area contributed by atoms with Crippen LogP contribution in [-0.2, 0) is 6.54 Å². The van der Waals surface area contributed by atoms with Crippen LogP contribution in [0.1, 0.15) is 25.5 Å². The molecular weight excluding hydrogens is 266 g/mol. The second-order valence-corrected chi connectivity index (χ2v) is 5.07. The average molecular weight is 283 g/mol. The fourth-order valence-corrected chi connectivity index (χ4v) is 2.08. The maximum Gasteiger partial charge on any atom is 0.227 e. The highest BCUT2D eigenvalue weighted by atomic mass is 15.2. The summed E-state index contributed by atoms with van der Waals surface area (Å²) in [6.45, 7) is 4.74. The van der Waals surface area contributed by atoms with Gasteiger partial charge in [0.15, 0.2) is 11.5 Å². The van der Waals surface area contributed by atoms with Gasteiger partial charge in [0, 0.05) is 25.0 Å². The van der Waals surface area contributed by atoms with Gasteiger partial charge in [0.1, 0.15) is 5.52 Å². The molecule has 0 aliphatic heterocycles. The number of nitrogens with zero attached hydrogens (tertiary/aromatic N) is 5. The van der Waals surface area contributed by atoms with Crippen LogP contribution in [0.15, 0.2) is 30.9 Å². The summed E-state index contributed by atoms with van der Waals surface area (Å²) in [5.74, 6) is 0.874. The quantitative estimate of drug-likeness (QED) is 0.760. The van der Waals surface area contributed by atoms with E-state index in [1.165, 1.54) is 0 Å². The van der Waals surface area contributed by atoms with Crippen LogP contribution in [0, 0.1) is 0 Å². The molecule has 0 saturated carbocycles. The van der Waals surface area contributed by atoms with Crippen molar-refractivity contribution in [1.82, 2.24) is 24.5 Å². The van der Waals surface area contributed by atoms with Crippen molar-refractivity contribution in [3.05, 3.63) is 36.4 Å². The highest BCUT2D eigenvalue weighted by Gasteiger charge is 2.12. The number of pyridine rings is 1. The zero-order valence-corrected chi connectivity index (χ0v) is 12.0. The van der Waals surface area contributed by atoms with Crippen LogP contribution < -0.4 is 11.1 Å². The summed E-state index contributed by atoms with van der Waals surface area (Å²) in [4.78, 5) is 17.1. The van der Waals surface area contributed by atoms with Crippen molar-refractivity contribution in [3.8, 4) is 0 Å². The minimum atomic E-state index is 0.260. The number of hydrogen-bond donors (Lipinski definition) is 2. The Bertz CT molecular complexity index is 749. The maximum absolute atomic E-state index is 5.96. The van der Waals surface area contributed by atoms with Gasteiger partial charge in [-0.1, -0.05) is 6.07 Å². The number of nitrogens with two attached hydrogens (primary N) is 1. The molecule has 108 valence electrons. The highest BCUT2D eigenvalue weighted by Crippen LogP contribution is 2.21. The SMILES string of the molecule is CC(C)n1cnc2c(N)nc(NCc3cccnc3)nc21. The van der Waals surface area contributed by atoms with Gasteiger partial charge in [0.2, 0.25) is 5.95 Å². The Balaban J connectivity index is 1.90. The fraction of sp³-hybridized carbons (Fsp3) is 0.286. The summed E-state index contributed by atoms with van der Waals surface area (Å²) < 4.78 is 1.97. The van der Waals surface area contributed by atoms with Crippen LogP contribution in [-0.4, -0.2) is 24.5 Å². The Kier molecular flexibility index (Phi) is 3.39. The molecule has 0 aliphatic carbocycles. The lowest BCUT2D eigenvalue weighted by Gasteiger charge is -2.09. The molecule has 3 aromatic rings. The van der Waals surface area contributed by atoms with Gasteiger partial charge in [-0.25, -0.2) is 4.98 Å². The third-order valence-electron chi connectivity index (χ3n) is 3.18. The smallest absolute Gasteiger partial charge is 0.227 e. The van der Waals surface area contributed by atoms with Crippen LogP contribution in [0.2, 0.25) is 0 Å². The van der Waals surface area contributed by atoms with E-state index in [9.17, 15) is 0 Å². The number of imidazole rings is 1. The summed E-state index contributed by atoms with van der Waals surface area (Å²) in [5.41, 5.74) is 8.39. The molecule has 0 amide bonds. The predicted molar refractivity (Wildman–Crippen MR) is 81.7 cm³/mol. The molecule has 0 unspecified atom stereocenters. The van der Waals surface area contributed by atoms with Crippen LogP contribution in [0.25, 0.3) is 11.2 Å². The first kappa shape index (κ1) is 13.3. The largest absolute Gasteiger partial charge is 0.382 e.